The van der Waals surface area contributed by atoms with E-state index in [-0.39, 0.29) is 17.9 Å². The number of benzene rings is 1. The van der Waals surface area contributed by atoms with Crippen molar-refractivity contribution in [1.82, 2.24) is 4.90 Å². The van der Waals surface area contributed by atoms with Crippen LogP contribution in [-0.4, -0.2) is 29.9 Å². The fourth-order valence-electron chi connectivity index (χ4n) is 3.88. The highest BCUT2D eigenvalue weighted by Crippen LogP contribution is 2.25. The number of rotatable bonds is 4. The highest BCUT2D eigenvalue weighted by molar-refractivity contribution is 5.92. The highest BCUT2D eigenvalue weighted by atomic mass is 16.1. The highest BCUT2D eigenvalue weighted by Gasteiger charge is 2.27. The summed E-state index contributed by atoms with van der Waals surface area (Å²) in [6.45, 7) is 5.74. The molecule has 23 heavy (non-hydrogen) atoms. The van der Waals surface area contributed by atoms with Crippen LogP contribution in [0.5, 0.6) is 0 Å². The van der Waals surface area contributed by atoms with E-state index in [1.165, 1.54) is 31.5 Å². The van der Waals surface area contributed by atoms with Gasteiger partial charge >= 0.3 is 0 Å². The van der Waals surface area contributed by atoms with Crippen molar-refractivity contribution >= 4 is 11.6 Å². The monoisotopic (exact) mass is 315 g/mol. The quantitative estimate of drug-likeness (QED) is 0.898. The minimum absolute atomic E-state index is 0.0829. The molecule has 126 valence electrons. The molecule has 0 aromatic heterocycles. The van der Waals surface area contributed by atoms with E-state index >= 15 is 0 Å². The first-order chi connectivity index (χ1) is 11.1. The van der Waals surface area contributed by atoms with Crippen LogP contribution < -0.4 is 11.1 Å². The summed E-state index contributed by atoms with van der Waals surface area (Å²) in [5, 5.41) is 3.03. The maximum Gasteiger partial charge on any atom is 0.227 e. The molecule has 1 amide bonds. The first-order valence-corrected chi connectivity index (χ1v) is 8.98. The predicted octanol–water partition coefficient (Wildman–Crippen LogP) is 2.98. The molecule has 1 saturated carbocycles. The van der Waals surface area contributed by atoms with Crippen LogP contribution in [0.4, 0.5) is 5.69 Å². The number of hydrogen-bond donors (Lipinski definition) is 2. The van der Waals surface area contributed by atoms with Gasteiger partial charge in [-0.2, -0.15) is 0 Å². The van der Waals surface area contributed by atoms with Crippen LogP contribution in [0.2, 0.25) is 0 Å². The van der Waals surface area contributed by atoms with Gasteiger partial charge in [-0.1, -0.05) is 19.1 Å². The SMILES string of the molecule is CC1CCCN(Cc2ccc(NC(=O)C3CCC(N)C3)cc2)C1. The van der Waals surface area contributed by atoms with Gasteiger partial charge in [0, 0.05) is 30.7 Å². The summed E-state index contributed by atoms with van der Waals surface area (Å²) in [7, 11) is 0. The van der Waals surface area contributed by atoms with Crippen molar-refractivity contribution in [2.45, 2.75) is 51.6 Å². The van der Waals surface area contributed by atoms with E-state index in [0.717, 1.165) is 37.4 Å². The van der Waals surface area contributed by atoms with E-state index in [9.17, 15) is 4.79 Å². The van der Waals surface area contributed by atoms with E-state index in [1.807, 2.05) is 12.1 Å². The lowest BCUT2D eigenvalue weighted by Gasteiger charge is -2.30. The summed E-state index contributed by atoms with van der Waals surface area (Å²) in [4.78, 5) is 14.8. The zero-order chi connectivity index (χ0) is 16.2. The number of likely N-dealkylation sites (tertiary alicyclic amines) is 1. The molecule has 2 fully saturated rings. The van der Waals surface area contributed by atoms with E-state index < -0.39 is 0 Å². The molecule has 4 heteroatoms. The van der Waals surface area contributed by atoms with E-state index in [2.05, 4.69) is 29.3 Å². The van der Waals surface area contributed by atoms with Gasteiger partial charge in [0.15, 0.2) is 0 Å². The van der Waals surface area contributed by atoms with Crippen molar-refractivity contribution in [3.05, 3.63) is 29.8 Å². The maximum absolute atomic E-state index is 12.2. The van der Waals surface area contributed by atoms with Gasteiger partial charge in [0.1, 0.15) is 0 Å². The Labute approximate surface area is 139 Å². The number of nitrogens with two attached hydrogens (primary N) is 1. The van der Waals surface area contributed by atoms with Crippen LogP contribution in [0.1, 0.15) is 44.6 Å². The molecule has 1 heterocycles. The van der Waals surface area contributed by atoms with Gasteiger partial charge in [-0.05, 0) is 62.3 Å². The summed E-state index contributed by atoms with van der Waals surface area (Å²) in [5.41, 5.74) is 8.10. The summed E-state index contributed by atoms with van der Waals surface area (Å²) in [6.07, 6.45) is 5.35. The minimum Gasteiger partial charge on any atom is -0.328 e. The maximum atomic E-state index is 12.2. The van der Waals surface area contributed by atoms with Crippen LogP contribution >= 0.6 is 0 Å². The Kier molecular flexibility index (Phi) is 5.34. The number of carbonyl (C=O) groups excluding carboxylic acids is 1. The topological polar surface area (TPSA) is 58.4 Å². The van der Waals surface area contributed by atoms with E-state index in [0.29, 0.717) is 0 Å². The standard InChI is InChI=1S/C19H29N3O/c1-14-3-2-10-22(12-14)13-15-4-8-18(9-5-15)21-19(23)16-6-7-17(20)11-16/h4-5,8-9,14,16-17H,2-3,6-7,10-13,20H2,1H3,(H,21,23). The summed E-state index contributed by atoms with van der Waals surface area (Å²) < 4.78 is 0. The molecule has 1 saturated heterocycles. The Bertz CT molecular complexity index is 528. The Hall–Kier alpha value is -1.39. The number of nitrogens with zero attached hydrogens (tertiary/aromatic N) is 1. The molecule has 2 aliphatic rings. The first-order valence-electron chi connectivity index (χ1n) is 8.98. The summed E-state index contributed by atoms with van der Waals surface area (Å²) in [6, 6.07) is 8.51. The fraction of sp³-hybridized carbons (Fsp3) is 0.632. The largest absolute Gasteiger partial charge is 0.328 e. The Balaban J connectivity index is 1.51. The van der Waals surface area contributed by atoms with Gasteiger partial charge < -0.3 is 11.1 Å². The van der Waals surface area contributed by atoms with Gasteiger partial charge in [-0.25, -0.2) is 0 Å². The lowest BCUT2D eigenvalue weighted by molar-refractivity contribution is -0.119. The molecule has 0 radical (unpaired) electrons. The molecule has 1 aliphatic heterocycles. The third-order valence-electron chi connectivity index (χ3n) is 5.21. The number of carbonyl (C=O) groups is 1. The van der Waals surface area contributed by atoms with Gasteiger partial charge in [0.2, 0.25) is 5.91 Å². The molecule has 3 N–H and O–H groups in total. The molecule has 3 unspecified atom stereocenters. The molecule has 0 spiro atoms. The number of amides is 1. The third kappa shape index (κ3) is 4.55. The molecular formula is C19H29N3O. The molecule has 3 atom stereocenters. The van der Waals surface area contributed by atoms with Gasteiger partial charge in [0.25, 0.3) is 0 Å². The zero-order valence-corrected chi connectivity index (χ0v) is 14.1. The Morgan fingerprint density at radius 3 is 2.70 bits per heavy atom. The number of piperidine rings is 1. The normalized spacial score (nSPS) is 28.7. The van der Waals surface area contributed by atoms with E-state index in [1.54, 1.807) is 0 Å². The second kappa shape index (κ2) is 7.45. The van der Waals surface area contributed by atoms with Gasteiger partial charge in [-0.3, -0.25) is 9.69 Å². The summed E-state index contributed by atoms with van der Waals surface area (Å²) in [5.74, 6) is 1.01. The molecule has 1 aliphatic carbocycles. The molecule has 0 bridgehead atoms. The first kappa shape index (κ1) is 16.5. The van der Waals surface area contributed by atoms with Crippen LogP contribution in [0.25, 0.3) is 0 Å². The Morgan fingerprint density at radius 1 is 1.26 bits per heavy atom. The second-order valence-electron chi connectivity index (χ2n) is 7.44. The van der Waals surface area contributed by atoms with Crippen molar-refractivity contribution in [1.29, 1.82) is 0 Å². The zero-order valence-electron chi connectivity index (χ0n) is 14.1. The molecule has 4 nitrogen and oxygen atoms in total. The van der Waals surface area contributed by atoms with Crippen LogP contribution in [0.15, 0.2) is 24.3 Å². The van der Waals surface area contributed by atoms with Crippen molar-refractivity contribution in [2.24, 2.45) is 17.6 Å². The average molecular weight is 315 g/mol. The number of nitrogens with one attached hydrogen (secondary N) is 1. The van der Waals surface area contributed by atoms with E-state index in [4.69, 9.17) is 5.73 Å². The lowest BCUT2D eigenvalue weighted by atomic mass is 10.00. The minimum atomic E-state index is 0.0829. The van der Waals surface area contributed by atoms with Crippen molar-refractivity contribution in [3.63, 3.8) is 0 Å². The average Bonchev–Trinajstić information content (AvgIpc) is 2.96. The molecular weight excluding hydrogens is 286 g/mol. The Morgan fingerprint density at radius 2 is 2.04 bits per heavy atom. The molecule has 1 aromatic rings. The fourth-order valence-corrected chi connectivity index (χ4v) is 3.88. The van der Waals surface area contributed by atoms with Crippen molar-refractivity contribution < 1.29 is 4.79 Å². The predicted molar refractivity (Wildman–Crippen MR) is 94.1 cm³/mol. The van der Waals surface area contributed by atoms with Crippen molar-refractivity contribution in [2.75, 3.05) is 18.4 Å². The second-order valence-corrected chi connectivity index (χ2v) is 7.44. The van der Waals surface area contributed by atoms with Crippen LogP contribution in [0, 0.1) is 11.8 Å². The lowest BCUT2D eigenvalue weighted by Crippen LogP contribution is -2.33. The molecule has 1 aromatic carbocycles. The van der Waals surface area contributed by atoms with Crippen LogP contribution in [0.3, 0.4) is 0 Å². The third-order valence-corrected chi connectivity index (χ3v) is 5.21. The van der Waals surface area contributed by atoms with Crippen LogP contribution in [-0.2, 0) is 11.3 Å². The van der Waals surface area contributed by atoms with Gasteiger partial charge in [-0.15, -0.1) is 0 Å². The number of anilines is 1. The van der Waals surface area contributed by atoms with Gasteiger partial charge in [0.05, 0.1) is 0 Å². The number of hydrogen-bond acceptors (Lipinski definition) is 3. The molecule has 3 rings (SSSR count). The summed E-state index contributed by atoms with van der Waals surface area (Å²) >= 11 is 0. The smallest absolute Gasteiger partial charge is 0.227 e. The van der Waals surface area contributed by atoms with Crippen molar-refractivity contribution in [3.8, 4) is 0 Å².